The summed E-state index contributed by atoms with van der Waals surface area (Å²) < 4.78 is 1.86. The molecule has 0 aliphatic carbocycles. The minimum Gasteiger partial charge on any atom is -0.337 e. The quantitative estimate of drug-likeness (QED) is 0.230. The number of imidazole rings is 2. The van der Waals surface area contributed by atoms with Crippen LogP contribution in [0.15, 0.2) is 109 Å². The average Bonchev–Trinajstić information content (AvgIpc) is 3.72. The average molecular weight is 551 g/mol. The predicted octanol–water partition coefficient (Wildman–Crippen LogP) is 8.74. The van der Waals surface area contributed by atoms with Crippen LogP contribution >= 0.6 is 11.6 Å². The van der Waals surface area contributed by atoms with Gasteiger partial charge in [-0.25, -0.2) is 9.97 Å². The van der Waals surface area contributed by atoms with Gasteiger partial charge in [-0.15, -0.1) is 0 Å². The molecular formula is C34H23ClN6. The molecule has 0 bridgehead atoms. The molecule has 7 heteroatoms. The van der Waals surface area contributed by atoms with Gasteiger partial charge in [0, 0.05) is 10.4 Å². The van der Waals surface area contributed by atoms with Crippen molar-refractivity contribution in [1.82, 2.24) is 29.7 Å². The van der Waals surface area contributed by atoms with Crippen LogP contribution < -0.4 is 0 Å². The largest absolute Gasteiger partial charge is 0.337 e. The number of nitrogens with zero attached hydrogens (tertiary/aromatic N) is 4. The van der Waals surface area contributed by atoms with Gasteiger partial charge in [0.1, 0.15) is 5.69 Å². The maximum atomic E-state index is 6.09. The molecule has 0 radical (unpaired) electrons. The van der Waals surface area contributed by atoms with Gasteiger partial charge in [0.15, 0.2) is 5.82 Å². The summed E-state index contributed by atoms with van der Waals surface area (Å²) in [4.78, 5) is 16.8. The number of aromatic nitrogens is 6. The van der Waals surface area contributed by atoms with E-state index >= 15 is 0 Å². The highest BCUT2D eigenvalue weighted by Gasteiger charge is 2.18. The van der Waals surface area contributed by atoms with E-state index in [1.807, 2.05) is 47.1 Å². The number of rotatable bonds is 4. The first-order valence-corrected chi connectivity index (χ1v) is 13.8. The molecule has 0 saturated carbocycles. The van der Waals surface area contributed by atoms with Crippen LogP contribution in [0.4, 0.5) is 0 Å². The van der Waals surface area contributed by atoms with Crippen LogP contribution in [0.2, 0.25) is 5.02 Å². The number of H-pyrrole nitrogens is 2. The van der Waals surface area contributed by atoms with Gasteiger partial charge in [0.05, 0.1) is 27.6 Å². The van der Waals surface area contributed by atoms with Gasteiger partial charge in [-0.05, 0) is 71.6 Å². The molecule has 0 aliphatic rings. The van der Waals surface area contributed by atoms with Crippen LogP contribution in [-0.4, -0.2) is 29.7 Å². The Morgan fingerprint density at radius 3 is 1.98 bits per heavy atom. The van der Waals surface area contributed by atoms with Crippen LogP contribution in [0.25, 0.3) is 72.7 Å². The van der Waals surface area contributed by atoms with Crippen molar-refractivity contribution in [1.29, 1.82) is 0 Å². The van der Waals surface area contributed by atoms with Crippen molar-refractivity contribution in [2.75, 3.05) is 0 Å². The Kier molecular flexibility index (Phi) is 5.30. The van der Waals surface area contributed by atoms with Crippen LogP contribution in [0.3, 0.4) is 0 Å². The number of fused-ring (bicyclic) bond motifs is 3. The molecule has 6 nitrogen and oxygen atoms in total. The van der Waals surface area contributed by atoms with Crippen LogP contribution in [0, 0.1) is 6.92 Å². The van der Waals surface area contributed by atoms with Crippen molar-refractivity contribution >= 4 is 44.6 Å². The van der Waals surface area contributed by atoms with Crippen molar-refractivity contribution in [3.63, 3.8) is 0 Å². The highest BCUT2D eigenvalue weighted by Crippen LogP contribution is 2.32. The van der Waals surface area contributed by atoms with Crippen LogP contribution in [0.1, 0.15) is 5.56 Å². The lowest BCUT2D eigenvalue weighted by Crippen LogP contribution is -1.98. The number of aryl methyl sites for hydroxylation is 1. The fourth-order valence-corrected chi connectivity index (χ4v) is 5.49. The van der Waals surface area contributed by atoms with Crippen molar-refractivity contribution in [2.24, 2.45) is 0 Å². The Morgan fingerprint density at radius 2 is 1.24 bits per heavy atom. The fourth-order valence-electron chi connectivity index (χ4n) is 5.36. The number of hydrogen-bond donors (Lipinski definition) is 2. The summed E-state index contributed by atoms with van der Waals surface area (Å²) in [6.45, 7) is 2.10. The van der Waals surface area contributed by atoms with Gasteiger partial charge in [-0.2, -0.15) is 9.78 Å². The fraction of sp³-hybridized carbons (Fsp3) is 0.0294. The summed E-state index contributed by atoms with van der Waals surface area (Å²) in [6, 6.07) is 37.1. The minimum absolute atomic E-state index is 0.647. The molecule has 41 heavy (non-hydrogen) atoms. The molecule has 5 aromatic carbocycles. The van der Waals surface area contributed by atoms with E-state index in [4.69, 9.17) is 26.7 Å². The first kappa shape index (κ1) is 23.7. The van der Waals surface area contributed by atoms with Crippen LogP contribution in [-0.2, 0) is 0 Å². The number of nitrogens with one attached hydrogen (secondary N) is 2. The highest BCUT2D eigenvalue weighted by atomic mass is 35.5. The number of benzene rings is 5. The zero-order chi connectivity index (χ0) is 27.5. The summed E-state index contributed by atoms with van der Waals surface area (Å²) in [5, 5.41) is 6.73. The van der Waals surface area contributed by atoms with E-state index < -0.39 is 0 Å². The molecule has 3 aromatic heterocycles. The van der Waals surface area contributed by atoms with Crippen molar-refractivity contribution in [2.45, 2.75) is 6.92 Å². The summed E-state index contributed by atoms with van der Waals surface area (Å²) in [5.41, 5.74) is 11.1. The van der Waals surface area contributed by atoms with E-state index in [1.165, 1.54) is 11.1 Å². The lowest BCUT2D eigenvalue weighted by molar-refractivity contribution is 0.857. The molecule has 2 N–H and O–H groups in total. The molecule has 3 heterocycles. The first-order chi connectivity index (χ1) is 20.1. The Balaban J connectivity index is 1.22. The maximum absolute atomic E-state index is 6.09. The normalized spacial score (nSPS) is 11.7. The van der Waals surface area contributed by atoms with Crippen molar-refractivity contribution in [3.05, 3.63) is 120 Å². The van der Waals surface area contributed by atoms with E-state index in [0.29, 0.717) is 5.95 Å². The third kappa shape index (κ3) is 4.08. The molecule has 0 spiro atoms. The summed E-state index contributed by atoms with van der Waals surface area (Å²) in [5.74, 6) is 1.37. The highest BCUT2D eigenvalue weighted by molar-refractivity contribution is 6.30. The molecule has 0 unspecified atom stereocenters. The van der Waals surface area contributed by atoms with E-state index in [2.05, 4.69) is 83.6 Å². The van der Waals surface area contributed by atoms with Gasteiger partial charge >= 0.3 is 0 Å². The Hall–Kier alpha value is -5.20. The monoisotopic (exact) mass is 550 g/mol. The van der Waals surface area contributed by atoms with Crippen LogP contribution in [0.5, 0.6) is 0 Å². The lowest BCUT2D eigenvalue weighted by atomic mass is 10.0. The van der Waals surface area contributed by atoms with Gasteiger partial charge in [0.25, 0.3) is 0 Å². The number of para-hydroxylation sites is 1. The third-order valence-corrected chi connectivity index (χ3v) is 7.78. The zero-order valence-corrected chi connectivity index (χ0v) is 22.8. The third-order valence-electron chi connectivity index (χ3n) is 7.53. The van der Waals surface area contributed by atoms with E-state index in [-0.39, 0.29) is 0 Å². The van der Waals surface area contributed by atoms with Crippen molar-refractivity contribution < 1.29 is 0 Å². The smallest absolute Gasteiger partial charge is 0.229 e. The molecule has 0 aliphatic heterocycles. The van der Waals surface area contributed by atoms with Gasteiger partial charge in [-0.1, -0.05) is 83.9 Å². The Labute approximate surface area is 240 Å². The summed E-state index contributed by atoms with van der Waals surface area (Å²) >= 11 is 6.09. The van der Waals surface area contributed by atoms with Gasteiger partial charge < -0.3 is 9.97 Å². The van der Waals surface area contributed by atoms with E-state index in [0.717, 1.165) is 66.2 Å². The van der Waals surface area contributed by atoms with E-state index in [9.17, 15) is 0 Å². The Morgan fingerprint density at radius 1 is 0.634 bits per heavy atom. The molecule has 0 atom stereocenters. The zero-order valence-electron chi connectivity index (χ0n) is 22.1. The maximum Gasteiger partial charge on any atom is 0.229 e. The molecule has 0 amide bonds. The van der Waals surface area contributed by atoms with Gasteiger partial charge in [-0.3, -0.25) is 0 Å². The van der Waals surface area contributed by atoms with Gasteiger partial charge in [0.2, 0.25) is 5.95 Å². The topological polar surface area (TPSA) is 75.2 Å². The number of aromatic amines is 2. The SMILES string of the molecule is Cc1ccc(-c2ccc3[nH]c(-c4nn(-c5nc6cc(-c7ccc(Cl)cc7)ccc6[nH]5)c5ccccc45)nc3c2)cc1. The molecule has 196 valence electrons. The lowest BCUT2D eigenvalue weighted by Gasteiger charge is -2.01. The molecule has 8 aromatic rings. The second kappa shape index (κ2) is 9.18. The first-order valence-electron chi connectivity index (χ1n) is 13.4. The molecule has 0 fully saturated rings. The number of hydrogen-bond acceptors (Lipinski definition) is 3. The molecular weight excluding hydrogens is 528 g/mol. The Bertz CT molecular complexity index is 2060. The summed E-state index contributed by atoms with van der Waals surface area (Å²) in [6.07, 6.45) is 0. The number of halogens is 1. The second-order valence-corrected chi connectivity index (χ2v) is 10.7. The van der Waals surface area contributed by atoms with E-state index in [1.54, 1.807) is 0 Å². The summed E-state index contributed by atoms with van der Waals surface area (Å²) in [7, 11) is 0. The second-order valence-electron chi connectivity index (χ2n) is 10.3. The molecule has 8 rings (SSSR count). The minimum atomic E-state index is 0.647. The molecule has 0 saturated heterocycles. The predicted molar refractivity (Wildman–Crippen MR) is 166 cm³/mol. The van der Waals surface area contributed by atoms with Crippen molar-refractivity contribution in [3.8, 4) is 39.7 Å². The standard InChI is InChI=1S/C34H23ClN6/c1-20-6-8-21(9-7-20)23-12-16-27-29(18-23)37-33(36-27)32-26-4-2-3-5-31(26)41(40-32)34-38-28-17-13-24(19-30(28)39-34)22-10-14-25(35)15-11-22/h2-19H,1H3,(H,36,37)(H,38,39).